The van der Waals surface area contributed by atoms with Crippen molar-refractivity contribution in [3.63, 3.8) is 0 Å². The molecule has 6 heteroatoms. The molecular weight excluding hydrogens is 325 g/mol. The van der Waals surface area contributed by atoms with E-state index in [0.717, 1.165) is 19.4 Å². The summed E-state index contributed by atoms with van der Waals surface area (Å²) in [5.41, 5.74) is 0.254. The van der Waals surface area contributed by atoms with Crippen LogP contribution >= 0.6 is 23.2 Å². The zero-order valence-electron chi connectivity index (χ0n) is 12.1. The summed E-state index contributed by atoms with van der Waals surface area (Å²) in [6.45, 7) is 2.65. The lowest BCUT2D eigenvalue weighted by atomic mass is 10.1. The molecule has 1 aromatic heterocycles. The standard InChI is InChI=1S/C16H15Cl2NO3/c1-2-22-16(21)11-8-19(7-9-3-4-9)13-6-10(17)5-12(18)14(13)15(11)20/h5-6,8-9H,2-4,7H2,1H3. The molecule has 0 spiro atoms. The number of nitrogens with zero attached hydrogens (tertiary/aromatic N) is 1. The highest BCUT2D eigenvalue weighted by Gasteiger charge is 2.24. The molecule has 1 aliphatic carbocycles. The van der Waals surface area contributed by atoms with Crippen LogP contribution in [0.4, 0.5) is 0 Å². The third-order valence-corrected chi connectivity index (χ3v) is 4.26. The first-order chi connectivity index (χ1) is 10.5. The Hall–Kier alpha value is -1.52. The molecule has 116 valence electrons. The van der Waals surface area contributed by atoms with Gasteiger partial charge in [0.05, 0.1) is 22.5 Å². The number of ether oxygens (including phenoxy) is 1. The maximum absolute atomic E-state index is 12.6. The van der Waals surface area contributed by atoms with E-state index >= 15 is 0 Å². The number of hydrogen-bond donors (Lipinski definition) is 0. The molecule has 1 fully saturated rings. The third-order valence-electron chi connectivity index (χ3n) is 3.75. The van der Waals surface area contributed by atoms with Gasteiger partial charge in [0, 0.05) is 17.8 Å². The van der Waals surface area contributed by atoms with Gasteiger partial charge >= 0.3 is 5.97 Å². The molecule has 0 atom stereocenters. The normalized spacial score (nSPS) is 14.3. The fourth-order valence-electron chi connectivity index (χ4n) is 2.51. The molecule has 1 aromatic carbocycles. The third kappa shape index (κ3) is 2.85. The van der Waals surface area contributed by atoms with E-state index in [1.54, 1.807) is 19.2 Å². The van der Waals surface area contributed by atoms with Crippen LogP contribution in [0, 0.1) is 5.92 Å². The maximum atomic E-state index is 12.6. The molecule has 22 heavy (non-hydrogen) atoms. The highest BCUT2D eigenvalue weighted by Crippen LogP contribution is 2.33. The second kappa shape index (κ2) is 5.94. The Morgan fingerprint density at radius 3 is 2.73 bits per heavy atom. The molecule has 0 amide bonds. The summed E-state index contributed by atoms with van der Waals surface area (Å²) >= 11 is 12.3. The van der Waals surface area contributed by atoms with E-state index in [1.807, 2.05) is 4.57 Å². The molecule has 2 aromatic rings. The van der Waals surface area contributed by atoms with Gasteiger partial charge in [-0.15, -0.1) is 0 Å². The smallest absolute Gasteiger partial charge is 0.343 e. The number of aromatic nitrogens is 1. The average Bonchev–Trinajstić information content (AvgIpc) is 3.25. The molecule has 0 radical (unpaired) electrons. The quantitative estimate of drug-likeness (QED) is 0.794. The SMILES string of the molecule is CCOC(=O)c1cn(CC2CC2)c2cc(Cl)cc(Cl)c2c1=O. The fraction of sp³-hybridized carbons (Fsp3) is 0.375. The second-order valence-corrected chi connectivity index (χ2v) is 6.31. The minimum atomic E-state index is -0.620. The molecule has 0 N–H and O–H groups in total. The van der Waals surface area contributed by atoms with Crippen LogP contribution in [-0.2, 0) is 11.3 Å². The van der Waals surface area contributed by atoms with E-state index in [9.17, 15) is 9.59 Å². The number of benzene rings is 1. The van der Waals surface area contributed by atoms with Crippen molar-refractivity contribution in [3.05, 3.63) is 44.2 Å². The summed E-state index contributed by atoms with van der Waals surface area (Å²) in [4.78, 5) is 24.6. The van der Waals surface area contributed by atoms with Gasteiger partial charge in [0.25, 0.3) is 0 Å². The van der Waals surface area contributed by atoms with E-state index < -0.39 is 11.4 Å². The first kappa shape index (κ1) is 15.4. The van der Waals surface area contributed by atoms with Crippen LogP contribution in [0.25, 0.3) is 10.9 Å². The number of halogens is 2. The van der Waals surface area contributed by atoms with E-state index in [2.05, 4.69) is 0 Å². The number of rotatable bonds is 4. The molecule has 0 unspecified atom stereocenters. The molecular formula is C16H15Cl2NO3. The fourth-order valence-corrected chi connectivity index (χ4v) is 3.08. The summed E-state index contributed by atoms with van der Waals surface area (Å²) in [5.74, 6) is -0.0523. The van der Waals surface area contributed by atoms with Crippen molar-refractivity contribution < 1.29 is 9.53 Å². The molecule has 0 bridgehead atoms. The summed E-state index contributed by atoms with van der Waals surface area (Å²) in [6.07, 6.45) is 3.86. The predicted octanol–water partition coefficient (Wildman–Crippen LogP) is 3.90. The lowest BCUT2D eigenvalue weighted by Crippen LogP contribution is -2.21. The molecule has 0 aliphatic heterocycles. The van der Waals surface area contributed by atoms with Gasteiger partial charge in [-0.1, -0.05) is 23.2 Å². The van der Waals surface area contributed by atoms with Crippen molar-refractivity contribution in [3.8, 4) is 0 Å². The van der Waals surface area contributed by atoms with Crippen LogP contribution in [0.15, 0.2) is 23.1 Å². The van der Waals surface area contributed by atoms with Gasteiger partial charge in [-0.05, 0) is 37.8 Å². The lowest BCUT2D eigenvalue weighted by molar-refractivity contribution is 0.0524. The Morgan fingerprint density at radius 1 is 1.36 bits per heavy atom. The second-order valence-electron chi connectivity index (χ2n) is 5.47. The lowest BCUT2D eigenvalue weighted by Gasteiger charge is -2.14. The predicted molar refractivity (Wildman–Crippen MR) is 86.9 cm³/mol. The Balaban J connectivity index is 2.27. The van der Waals surface area contributed by atoms with Gasteiger partial charge in [0.15, 0.2) is 0 Å². The van der Waals surface area contributed by atoms with Crippen molar-refractivity contribution in [1.29, 1.82) is 0 Å². The largest absolute Gasteiger partial charge is 0.462 e. The highest BCUT2D eigenvalue weighted by molar-refractivity contribution is 6.38. The Morgan fingerprint density at radius 2 is 2.09 bits per heavy atom. The summed E-state index contributed by atoms with van der Waals surface area (Å²) < 4.78 is 6.86. The molecule has 0 saturated heterocycles. The van der Waals surface area contributed by atoms with Gasteiger partial charge in [-0.25, -0.2) is 4.79 Å². The van der Waals surface area contributed by atoms with Crippen molar-refractivity contribution in [2.45, 2.75) is 26.3 Å². The number of carbonyl (C=O) groups excluding carboxylic acids is 1. The van der Waals surface area contributed by atoms with Crippen LogP contribution in [0.3, 0.4) is 0 Å². The van der Waals surface area contributed by atoms with Crippen LogP contribution in [0.1, 0.15) is 30.1 Å². The first-order valence-electron chi connectivity index (χ1n) is 7.20. The van der Waals surface area contributed by atoms with Gasteiger partial charge < -0.3 is 9.30 Å². The van der Waals surface area contributed by atoms with Crippen LogP contribution in [0.2, 0.25) is 10.0 Å². The zero-order valence-corrected chi connectivity index (χ0v) is 13.6. The molecule has 4 nitrogen and oxygen atoms in total. The Kier molecular flexibility index (Phi) is 4.15. The number of hydrogen-bond acceptors (Lipinski definition) is 3. The molecule has 1 saturated carbocycles. The zero-order chi connectivity index (χ0) is 15.9. The minimum Gasteiger partial charge on any atom is -0.462 e. The van der Waals surface area contributed by atoms with Gasteiger partial charge in [-0.3, -0.25) is 4.79 Å². The Labute approximate surface area is 137 Å². The highest BCUT2D eigenvalue weighted by atomic mass is 35.5. The number of fused-ring (bicyclic) bond motifs is 1. The van der Waals surface area contributed by atoms with E-state index in [4.69, 9.17) is 27.9 Å². The van der Waals surface area contributed by atoms with Crippen LogP contribution in [-0.4, -0.2) is 17.1 Å². The van der Waals surface area contributed by atoms with Crippen molar-refractivity contribution in [2.75, 3.05) is 6.61 Å². The van der Waals surface area contributed by atoms with Crippen molar-refractivity contribution >= 4 is 40.1 Å². The van der Waals surface area contributed by atoms with Gasteiger partial charge in [0.1, 0.15) is 5.56 Å². The van der Waals surface area contributed by atoms with E-state index in [0.29, 0.717) is 21.8 Å². The monoisotopic (exact) mass is 339 g/mol. The summed E-state index contributed by atoms with van der Waals surface area (Å²) in [7, 11) is 0. The molecule has 1 heterocycles. The number of carbonyl (C=O) groups is 1. The van der Waals surface area contributed by atoms with E-state index in [-0.39, 0.29) is 17.2 Å². The van der Waals surface area contributed by atoms with Gasteiger partial charge in [-0.2, -0.15) is 0 Å². The van der Waals surface area contributed by atoms with Crippen molar-refractivity contribution in [1.82, 2.24) is 4.57 Å². The van der Waals surface area contributed by atoms with E-state index in [1.165, 1.54) is 6.07 Å². The maximum Gasteiger partial charge on any atom is 0.343 e. The number of esters is 1. The molecule has 1 aliphatic rings. The number of pyridine rings is 1. The average molecular weight is 340 g/mol. The summed E-state index contributed by atoms with van der Waals surface area (Å²) in [6, 6.07) is 3.23. The molecule has 3 rings (SSSR count). The van der Waals surface area contributed by atoms with Gasteiger partial charge in [0.2, 0.25) is 5.43 Å². The van der Waals surface area contributed by atoms with Crippen LogP contribution in [0.5, 0.6) is 0 Å². The minimum absolute atomic E-state index is 0.0132. The first-order valence-corrected chi connectivity index (χ1v) is 7.96. The summed E-state index contributed by atoms with van der Waals surface area (Å²) in [5, 5.41) is 1.03. The topological polar surface area (TPSA) is 48.3 Å². The Bertz CT molecular complexity index is 809. The van der Waals surface area contributed by atoms with Crippen LogP contribution < -0.4 is 5.43 Å². The van der Waals surface area contributed by atoms with Crippen molar-refractivity contribution in [2.24, 2.45) is 5.92 Å².